The fourth-order valence-electron chi connectivity index (χ4n) is 5.03. The SMILES string of the molecule is CC#CCn1c(N2CCC[C@@H](NC(=O)OC(C)(C)C)C2)nc2c1c(=O)n(Cc1ncc3ccccc3n1)c(=O)n2C. The van der Waals surface area contributed by atoms with Gasteiger partial charge >= 0.3 is 11.8 Å². The lowest BCUT2D eigenvalue weighted by Gasteiger charge is -2.34. The Morgan fingerprint density at radius 2 is 1.95 bits per heavy atom. The molecule has 0 saturated carbocycles. The van der Waals surface area contributed by atoms with E-state index in [-0.39, 0.29) is 30.3 Å². The Morgan fingerprint density at radius 1 is 1.17 bits per heavy atom. The van der Waals surface area contributed by atoms with Crippen LogP contribution in [-0.4, -0.2) is 59.5 Å². The lowest BCUT2D eigenvalue weighted by molar-refractivity contribution is 0.0499. The molecule has 1 atom stereocenters. The summed E-state index contributed by atoms with van der Waals surface area (Å²) in [6.07, 6.45) is 2.78. The number of fused-ring (bicyclic) bond motifs is 2. The molecule has 1 aliphatic rings. The number of nitrogens with one attached hydrogen (secondary N) is 1. The number of hydrogen-bond donors (Lipinski definition) is 1. The normalized spacial score (nSPS) is 15.5. The van der Waals surface area contributed by atoms with Crippen molar-refractivity contribution >= 4 is 34.1 Å². The van der Waals surface area contributed by atoms with Crippen molar-refractivity contribution in [1.82, 2.24) is 34.0 Å². The summed E-state index contributed by atoms with van der Waals surface area (Å²) >= 11 is 0. The minimum absolute atomic E-state index is 0.0855. The molecule has 0 radical (unpaired) electrons. The number of aryl methyl sites for hydroxylation is 1. The molecule has 1 aliphatic heterocycles. The van der Waals surface area contributed by atoms with E-state index in [4.69, 9.17) is 9.72 Å². The number of alkyl carbamates (subject to hydrolysis) is 1. The van der Waals surface area contributed by atoms with Crippen LogP contribution >= 0.6 is 0 Å². The number of imidazole rings is 1. The Labute approximate surface area is 237 Å². The minimum Gasteiger partial charge on any atom is -0.444 e. The number of amides is 1. The summed E-state index contributed by atoms with van der Waals surface area (Å²) in [5, 5.41) is 3.82. The second-order valence-electron chi connectivity index (χ2n) is 11.1. The van der Waals surface area contributed by atoms with Gasteiger partial charge in [0.1, 0.15) is 11.4 Å². The first-order valence-electron chi connectivity index (χ1n) is 13.6. The minimum atomic E-state index is -0.603. The standard InChI is InChI=1S/C29H34N8O4/c1-6-7-15-36-23-24(33-26(36)35-14-10-12-20(17-35)31-27(39)41-29(2,3)4)34(5)28(40)37(25(23)38)18-22-30-16-19-11-8-9-13-21(19)32-22/h8-9,11,13,16,20H,10,12,14-15,17-18H2,1-5H3,(H,31,39)/t20-/m1/s1. The monoisotopic (exact) mass is 558 g/mol. The van der Waals surface area contributed by atoms with Crippen molar-refractivity contribution in [3.05, 3.63) is 57.1 Å². The second-order valence-corrected chi connectivity index (χ2v) is 11.1. The van der Waals surface area contributed by atoms with Crippen molar-refractivity contribution in [2.24, 2.45) is 7.05 Å². The number of anilines is 1. The van der Waals surface area contributed by atoms with Gasteiger partial charge in [-0.1, -0.05) is 24.1 Å². The van der Waals surface area contributed by atoms with Gasteiger partial charge in [-0.15, -0.1) is 5.92 Å². The predicted molar refractivity (Wildman–Crippen MR) is 156 cm³/mol. The van der Waals surface area contributed by atoms with Crippen molar-refractivity contribution in [3.63, 3.8) is 0 Å². The van der Waals surface area contributed by atoms with Gasteiger partial charge in [-0.25, -0.2) is 19.6 Å². The predicted octanol–water partition coefficient (Wildman–Crippen LogP) is 2.40. The quantitative estimate of drug-likeness (QED) is 0.370. The average molecular weight is 559 g/mol. The molecule has 3 aromatic heterocycles. The van der Waals surface area contributed by atoms with Crippen molar-refractivity contribution in [2.75, 3.05) is 18.0 Å². The molecule has 4 heterocycles. The van der Waals surface area contributed by atoms with E-state index in [9.17, 15) is 14.4 Å². The number of ether oxygens (including phenoxy) is 1. The van der Waals surface area contributed by atoms with Crippen LogP contribution in [0.15, 0.2) is 40.1 Å². The first-order valence-corrected chi connectivity index (χ1v) is 13.6. The zero-order valence-corrected chi connectivity index (χ0v) is 24.0. The van der Waals surface area contributed by atoms with Crippen LogP contribution in [0.5, 0.6) is 0 Å². The summed E-state index contributed by atoms with van der Waals surface area (Å²) in [7, 11) is 1.59. The van der Waals surface area contributed by atoms with E-state index in [1.165, 1.54) is 4.57 Å². The van der Waals surface area contributed by atoms with Crippen LogP contribution in [0.4, 0.5) is 10.7 Å². The lowest BCUT2D eigenvalue weighted by atomic mass is 10.1. The molecule has 1 N–H and O–H groups in total. The van der Waals surface area contributed by atoms with Crippen LogP contribution < -0.4 is 21.5 Å². The van der Waals surface area contributed by atoms with E-state index < -0.39 is 22.9 Å². The fourth-order valence-corrected chi connectivity index (χ4v) is 5.03. The number of carbonyl (C=O) groups excluding carboxylic acids is 1. The maximum atomic E-state index is 13.9. The molecule has 0 aliphatic carbocycles. The molecule has 1 amide bonds. The van der Waals surface area contributed by atoms with Gasteiger partial charge in [-0.05, 0) is 46.6 Å². The third kappa shape index (κ3) is 5.79. The van der Waals surface area contributed by atoms with E-state index >= 15 is 0 Å². The maximum absolute atomic E-state index is 13.9. The molecule has 12 heteroatoms. The Hall–Kier alpha value is -4.66. The molecule has 5 rings (SSSR count). The third-order valence-corrected chi connectivity index (χ3v) is 6.89. The summed E-state index contributed by atoms with van der Waals surface area (Å²) in [5.74, 6) is 6.80. The fraction of sp³-hybridized carbons (Fsp3) is 0.448. The summed E-state index contributed by atoms with van der Waals surface area (Å²) < 4.78 is 9.70. The highest BCUT2D eigenvalue weighted by molar-refractivity contribution is 5.77. The van der Waals surface area contributed by atoms with Gasteiger partial charge in [-0.2, -0.15) is 4.98 Å². The number of hydrogen-bond acceptors (Lipinski definition) is 8. The third-order valence-electron chi connectivity index (χ3n) is 6.89. The zero-order valence-electron chi connectivity index (χ0n) is 24.0. The Balaban J connectivity index is 1.54. The highest BCUT2D eigenvalue weighted by Gasteiger charge is 2.29. The first-order chi connectivity index (χ1) is 19.6. The van der Waals surface area contributed by atoms with Crippen LogP contribution in [0.2, 0.25) is 0 Å². The van der Waals surface area contributed by atoms with Gasteiger partial charge in [0, 0.05) is 37.8 Å². The van der Waals surface area contributed by atoms with E-state index in [0.29, 0.717) is 24.9 Å². The summed E-state index contributed by atoms with van der Waals surface area (Å²) in [4.78, 5) is 55.4. The molecule has 1 fully saturated rings. The van der Waals surface area contributed by atoms with E-state index in [2.05, 4.69) is 27.1 Å². The summed E-state index contributed by atoms with van der Waals surface area (Å²) in [5.41, 5.74) is -0.335. The summed E-state index contributed by atoms with van der Waals surface area (Å²) in [6, 6.07) is 7.36. The Morgan fingerprint density at radius 3 is 2.71 bits per heavy atom. The zero-order chi connectivity index (χ0) is 29.3. The van der Waals surface area contributed by atoms with Gasteiger partial charge in [0.2, 0.25) is 5.95 Å². The summed E-state index contributed by atoms with van der Waals surface area (Å²) in [6.45, 7) is 8.45. The van der Waals surface area contributed by atoms with Gasteiger partial charge < -0.3 is 15.0 Å². The van der Waals surface area contributed by atoms with Crippen molar-refractivity contribution in [1.29, 1.82) is 0 Å². The molecule has 12 nitrogen and oxygen atoms in total. The van der Waals surface area contributed by atoms with Crippen LogP contribution in [-0.2, 0) is 24.9 Å². The Bertz CT molecular complexity index is 1800. The lowest BCUT2D eigenvalue weighted by Crippen LogP contribution is -2.49. The molecule has 1 aromatic carbocycles. The van der Waals surface area contributed by atoms with Crippen LogP contribution in [0.1, 0.15) is 46.4 Å². The average Bonchev–Trinajstić information content (AvgIpc) is 3.32. The molecular weight excluding hydrogens is 524 g/mol. The van der Waals surface area contributed by atoms with Crippen LogP contribution in [0.3, 0.4) is 0 Å². The number of carbonyl (C=O) groups is 1. The van der Waals surface area contributed by atoms with E-state index in [1.807, 2.05) is 49.9 Å². The molecule has 4 aromatic rings. The maximum Gasteiger partial charge on any atom is 0.407 e. The van der Waals surface area contributed by atoms with Crippen molar-refractivity contribution in [3.8, 4) is 11.8 Å². The van der Waals surface area contributed by atoms with Crippen molar-refractivity contribution < 1.29 is 9.53 Å². The van der Waals surface area contributed by atoms with Crippen LogP contribution in [0, 0.1) is 11.8 Å². The number of nitrogens with zero attached hydrogens (tertiary/aromatic N) is 7. The van der Waals surface area contributed by atoms with Gasteiger partial charge in [-0.3, -0.25) is 18.5 Å². The molecule has 214 valence electrons. The molecule has 0 spiro atoms. The highest BCUT2D eigenvalue weighted by Crippen LogP contribution is 2.23. The molecule has 0 bridgehead atoms. The molecule has 1 saturated heterocycles. The molecule has 41 heavy (non-hydrogen) atoms. The number of benzene rings is 1. The number of rotatable bonds is 5. The second kappa shape index (κ2) is 11.1. The van der Waals surface area contributed by atoms with Gasteiger partial charge in [0.15, 0.2) is 11.2 Å². The number of piperidine rings is 1. The highest BCUT2D eigenvalue weighted by atomic mass is 16.6. The van der Waals surface area contributed by atoms with Gasteiger partial charge in [0.05, 0.1) is 18.6 Å². The first kappa shape index (κ1) is 27.9. The number of para-hydroxylation sites is 1. The van der Waals surface area contributed by atoms with Gasteiger partial charge in [0.25, 0.3) is 5.56 Å². The van der Waals surface area contributed by atoms with E-state index in [1.54, 1.807) is 24.7 Å². The number of aromatic nitrogens is 6. The topological polar surface area (TPSA) is 129 Å². The molecule has 0 unspecified atom stereocenters. The van der Waals surface area contributed by atoms with E-state index in [0.717, 1.165) is 28.3 Å². The Kier molecular flexibility index (Phi) is 7.53. The largest absolute Gasteiger partial charge is 0.444 e. The van der Waals surface area contributed by atoms with Crippen LogP contribution in [0.25, 0.3) is 22.1 Å². The van der Waals surface area contributed by atoms with Crippen molar-refractivity contribution in [2.45, 2.75) is 65.3 Å². The smallest absolute Gasteiger partial charge is 0.407 e. The molecular formula is C29H34N8O4.